The molecule has 1 aliphatic carbocycles. The smallest absolute Gasteiger partial charge is 0.200 e. The van der Waals surface area contributed by atoms with Gasteiger partial charge in [-0.1, -0.05) is 23.7 Å². The standard InChI is InChI=1S/C26H31ClFNO3.ClH/c1-3-31-23-13-20-16-26(28,25(30)22(20)14-24(23)32-4-2)15-18-8-10-29(11-9-18)17-19-6-5-7-21(27)12-19;/h5-7,12-14,18H,3-4,8-11,15-17H2,1-2H3;1H. The lowest BCUT2D eigenvalue weighted by Crippen LogP contribution is -2.38. The normalized spacial score (nSPS) is 20.9. The van der Waals surface area contributed by atoms with Crippen LogP contribution in [0, 0.1) is 5.92 Å². The molecule has 1 atom stereocenters. The van der Waals surface area contributed by atoms with Gasteiger partial charge in [0.15, 0.2) is 17.2 Å². The number of rotatable bonds is 8. The Hall–Kier alpha value is -1.82. The van der Waals surface area contributed by atoms with Gasteiger partial charge < -0.3 is 9.47 Å². The topological polar surface area (TPSA) is 38.8 Å². The highest BCUT2D eigenvalue weighted by atomic mass is 35.5. The first-order valence-electron chi connectivity index (χ1n) is 11.5. The molecule has 1 fully saturated rings. The van der Waals surface area contributed by atoms with Crippen molar-refractivity contribution in [2.24, 2.45) is 5.92 Å². The summed E-state index contributed by atoms with van der Waals surface area (Å²) in [5.41, 5.74) is 0.520. The molecule has 33 heavy (non-hydrogen) atoms. The minimum absolute atomic E-state index is 0. The molecule has 1 unspecified atom stereocenters. The summed E-state index contributed by atoms with van der Waals surface area (Å²) in [6.07, 6.45) is 2.18. The van der Waals surface area contributed by atoms with Crippen molar-refractivity contribution >= 4 is 29.8 Å². The van der Waals surface area contributed by atoms with E-state index in [1.165, 1.54) is 5.56 Å². The van der Waals surface area contributed by atoms with E-state index in [1.807, 2.05) is 32.0 Å². The Kier molecular flexibility index (Phi) is 8.65. The monoisotopic (exact) mass is 495 g/mol. The van der Waals surface area contributed by atoms with Gasteiger partial charge in [0.2, 0.25) is 5.78 Å². The summed E-state index contributed by atoms with van der Waals surface area (Å²) >= 11 is 6.09. The molecule has 1 heterocycles. The van der Waals surface area contributed by atoms with E-state index in [1.54, 1.807) is 12.1 Å². The summed E-state index contributed by atoms with van der Waals surface area (Å²) < 4.78 is 27.2. The zero-order valence-electron chi connectivity index (χ0n) is 19.2. The first-order valence-corrected chi connectivity index (χ1v) is 11.9. The number of hydrogen-bond acceptors (Lipinski definition) is 4. The number of carbonyl (C=O) groups is 1. The summed E-state index contributed by atoms with van der Waals surface area (Å²) in [5, 5.41) is 0.746. The van der Waals surface area contributed by atoms with Gasteiger partial charge in [0.25, 0.3) is 0 Å². The number of carbonyl (C=O) groups excluding carboxylic acids is 1. The van der Waals surface area contributed by atoms with Crippen molar-refractivity contribution in [3.63, 3.8) is 0 Å². The Bertz CT molecular complexity index is 978. The van der Waals surface area contributed by atoms with E-state index in [0.29, 0.717) is 30.3 Å². The molecule has 2 aromatic carbocycles. The molecule has 2 aliphatic rings. The molecule has 4 rings (SSSR count). The van der Waals surface area contributed by atoms with Crippen LogP contribution in [-0.4, -0.2) is 42.7 Å². The van der Waals surface area contributed by atoms with Crippen molar-refractivity contribution in [3.8, 4) is 11.5 Å². The van der Waals surface area contributed by atoms with Crippen LogP contribution in [0.5, 0.6) is 11.5 Å². The number of Topliss-reactive ketones (excluding diaryl/α,β-unsaturated/α-hetero) is 1. The van der Waals surface area contributed by atoms with Crippen LogP contribution >= 0.6 is 24.0 Å². The summed E-state index contributed by atoms with van der Waals surface area (Å²) in [4.78, 5) is 15.4. The zero-order chi connectivity index (χ0) is 22.7. The van der Waals surface area contributed by atoms with Gasteiger partial charge >= 0.3 is 0 Å². The largest absolute Gasteiger partial charge is 0.490 e. The van der Waals surface area contributed by atoms with E-state index in [2.05, 4.69) is 11.0 Å². The van der Waals surface area contributed by atoms with Crippen LogP contribution in [-0.2, 0) is 13.0 Å². The van der Waals surface area contributed by atoms with Crippen LogP contribution in [0.3, 0.4) is 0 Å². The van der Waals surface area contributed by atoms with E-state index in [4.69, 9.17) is 21.1 Å². The maximum atomic E-state index is 15.9. The van der Waals surface area contributed by atoms with Crippen LogP contribution in [0.1, 0.15) is 54.6 Å². The molecule has 0 N–H and O–H groups in total. The maximum absolute atomic E-state index is 15.9. The lowest BCUT2D eigenvalue weighted by atomic mass is 9.83. The van der Waals surface area contributed by atoms with E-state index in [0.717, 1.165) is 43.1 Å². The summed E-state index contributed by atoms with van der Waals surface area (Å²) in [6, 6.07) is 11.4. The van der Waals surface area contributed by atoms with Gasteiger partial charge in [0.05, 0.1) is 13.2 Å². The number of nitrogens with zero attached hydrogens (tertiary/aromatic N) is 1. The Morgan fingerprint density at radius 3 is 2.39 bits per heavy atom. The minimum atomic E-state index is -1.84. The molecule has 4 nitrogen and oxygen atoms in total. The summed E-state index contributed by atoms with van der Waals surface area (Å²) in [5.74, 6) is 0.893. The number of alkyl halides is 1. The lowest BCUT2D eigenvalue weighted by Gasteiger charge is -2.34. The quantitative estimate of drug-likeness (QED) is 0.430. The molecule has 180 valence electrons. The molecule has 7 heteroatoms. The predicted octanol–water partition coefficient (Wildman–Crippen LogP) is 6.31. The molecule has 0 radical (unpaired) electrons. The lowest BCUT2D eigenvalue weighted by molar-refractivity contribution is 0.0587. The number of benzene rings is 2. The van der Waals surface area contributed by atoms with Crippen molar-refractivity contribution in [3.05, 3.63) is 58.1 Å². The fraction of sp³-hybridized carbons (Fsp3) is 0.500. The molecule has 1 saturated heterocycles. The van der Waals surface area contributed by atoms with E-state index in [-0.39, 0.29) is 31.2 Å². The highest BCUT2D eigenvalue weighted by molar-refractivity contribution is 6.30. The van der Waals surface area contributed by atoms with Crippen molar-refractivity contribution in [1.29, 1.82) is 0 Å². The number of likely N-dealkylation sites (tertiary alicyclic amines) is 1. The highest BCUT2D eigenvalue weighted by Crippen LogP contribution is 2.43. The number of piperidine rings is 1. The summed E-state index contributed by atoms with van der Waals surface area (Å²) in [6.45, 7) is 7.37. The molecular weight excluding hydrogens is 464 g/mol. The molecule has 2 aromatic rings. The Morgan fingerprint density at radius 1 is 1.09 bits per heavy atom. The Balaban J connectivity index is 0.00000306. The van der Waals surface area contributed by atoms with E-state index < -0.39 is 11.5 Å². The van der Waals surface area contributed by atoms with Gasteiger partial charge in [-0.3, -0.25) is 9.69 Å². The third-order valence-corrected chi connectivity index (χ3v) is 6.74. The van der Waals surface area contributed by atoms with Gasteiger partial charge in [-0.05, 0) is 87.5 Å². The number of hydrogen-bond donors (Lipinski definition) is 0. The maximum Gasteiger partial charge on any atom is 0.200 e. The van der Waals surface area contributed by atoms with Gasteiger partial charge in [0, 0.05) is 23.6 Å². The van der Waals surface area contributed by atoms with Crippen molar-refractivity contribution in [2.45, 2.75) is 51.7 Å². The average Bonchev–Trinajstić information content (AvgIpc) is 3.00. The van der Waals surface area contributed by atoms with Crippen LogP contribution < -0.4 is 9.47 Å². The predicted molar refractivity (Wildman–Crippen MR) is 132 cm³/mol. The molecule has 0 spiro atoms. The van der Waals surface area contributed by atoms with Crippen LogP contribution in [0.4, 0.5) is 4.39 Å². The molecule has 0 amide bonds. The second kappa shape index (κ2) is 11.1. The van der Waals surface area contributed by atoms with Crippen molar-refractivity contribution in [1.82, 2.24) is 4.90 Å². The molecular formula is C26H32Cl2FNO3. The first-order chi connectivity index (χ1) is 15.4. The Labute approximate surface area is 206 Å². The molecule has 0 aromatic heterocycles. The second-order valence-corrected chi connectivity index (χ2v) is 9.28. The fourth-order valence-corrected chi connectivity index (χ4v) is 5.20. The molecule has 1 aliphatic heterocycles. The SMILES string of the molecule is CCOc1cc2c(cc1OCC)C(=O)C(F)(CC1CCN(Cc3cccc(Cl)c3)CC1)C2.Cl. The number of fused-ring (bicyclic) bond motifs is 1. The van der Waals surface area contributed by atoms with E-state index in [9.17, 15) is 4.79 Å². The van der Waals surface area contributed by atoms with Gasteiger partial charge in [-0.15, -0.1) is 12.4 Å². The van der Waals surface area contributed by atoms with Gasteiger partial charge in [0.1, 0.15) is 0 Å². The molecule has 0 bridgehead atoms. The van der Waals surface area contributed by atoms with E-state index >= 15 is 4.39 Å². The zero-order valence-corrected chi connectivity index (χ0v) is 20.8. The summed E-state index contributed by atoms with van der Waals surface area (Å²) in [7, 11) is 0. The minimum Gasteiger partial charge on any atom is -0.490 e. The van der Waals surface area contributed by atoms with Gasteiger partial charge in [-0.25, -0.2) is 4.39 Å². The average molecular weight is 496 g/mol. The third-order valence-electron chi connectivity index (χ3n) is 6.51. The number of halogens is 3. The second-order valence-electron chi connectivity index (χ2n) is 8.85. The number of ketones is 1. The van der Waals surface area contributed by atoms with Crippen LogP contribution in [0.2, 0.25) is 5.02 Å². The Morgan fingerprint density at radius 2 is 1.76 bits per heavy atom. The number of ether oxygens (including phenoxy) is 2. The van der Waals surface area contributed by atoms with Crippen LogP contribution in [0.25, 0.3) is 0 Å². The van der Waals surface area contributed by atoms with Crippen LogP contribution in [0.15, 0.2) is 36.4 Å². The first kappa shape index (κ1) is 25.8. The van der Waals surface area contributed by atoms with Crippen molar-refractivity contribution in [2.75, 3.05) is 26.3 Å². The highest BCUT2D eigenvalue weighted by Gasteiger charge is 2.48. The van der Waals surface area contributed by atoms with Gasteiger partial charge in [-0.2, -0.15) is 0 Å². The fourth-order valence-electron chi connectivity index (χ4n) is 4.98. The third kappa shape index (κ3) is 5.82. The molecule has 0 saturated carbocycles. The van der Waals surface area contributed by atoms with Crippen molar-refractivity contribution < 1.29 is 18.7 Å².